The zero-order valence-electron chi connectivity index (χ0n) is 17.9. The van der Waals surface area contributed by atoms with Crippen LogP contribution in [0.2, 0.25) is 0 Å². The van der Waals surface area contributed by atoms with Gasteiger partial charge in [-0.3, -0.25) is 4.79 Å². The van der Waals surface area contributed by atoms with E-state index in [1.807, 2.05) is 24.3 Å². The van der Waals surface area contributed by atoms with Gasteiger partial charge in [-0.1, -0.05) is 18.2 Å². The summed E-state index contributed by atoms with van der Waals surface area (Å²) >= 11 is 2.12. The summed E-state index contributed by atoms with van der Waals surface area (Å²) in [6.07, 6.45) is 11.0. The number of nitrogens with zero attached hydrogens (tertiary/aromatic N) is 5. The van der Waals surface area contributed by atoms with Gasteiger partial charge in [0.2, 0.25) is 0 Å². The maximum absolute atomic E-state index is 12.4. The zero-order chi connectivity index (χ0) is 22.9. The number of hydrogen-bond acceptors (Lipinski definition) is 6. The van der Waals surface area contributed by atoms with Crippen LogP contribution in [-0.2, 0) is 0 Å². The van der Waals surface area contributed by atoms with Crippen LogP contribution in [0.5, 0.6) is 0 Å². The van der Waals surface area contributed by atoms with Crippen LogP contribution in [0.3, 0.4) is 0 Å². The SMILES string of the molecule is O=C(NCCCC[P+](c1ccccc1)(c1ccncn1)c1ccncn1)c1ccc([123I])nc1. The average Bonchev–Trinajstić information content (AvgIpc) is 2.88. The van der Waals surface area contributed by atoms with Crippen LogP contribution >= 0.6 is 29.9 Å². The summed E-state index contributed by atoms with van der Waals surface area (Å²) in [5, 5.41) is 4.22. The van der Waals surface area contributed by atoms with Crippen LogP contribution in [0.25, 0.3) is 0 Å². The number of benzene rings is 1. The van der Waals surface area contributed by atoms with Gasteiger partial charge in [0, 0.05) is 37.3 Å². The van der Waals surface area contributed by atoms with Crippen molar-refractivity contribution in [1.29, 1.82) is 0 Å². The Bertz CT molecular complexity index is 1070. The molecule has 3 heterocycles. The summed E-state index contributed by atoms with van der Waals surface area (Å²) in [7, 11) is -2.11. The van der Waals surface area contributed by atoms with Crippen molar-refractivity contribution in [3.8, 4) is 0 Å². The first-order valence-corrected chi connectivity index (χ1v) is 13.6. The lowest BCUT2D eigenvalue weighted by Crippen LogP contribution is -2.36. The van der Waals surface area contributed by atoms with Crippen molar-refractivity contribution in [2.75, 3.05) is 12.7 Å². The van der Waals surface area contributed by atoms with Gasteiger partial charge in [-0.15, -0.1) is 0 Å². The van der Waals surface area contributed by atoms with E-state index >= 15 is 0 Å². The Hall–Kier alpha value is -2.84. The second-order valence-electron chi connectivity index (χ2n) is 7.34. The Balaban J connectivity index is 1.53. The van der Waals surface area contributed by atoms with Crippen molar-refractivity contribution in [1.82, 2.24) is 30.2 Å². The molecule has 1 aromatic carbocycles. The highest BCUT2D eigenvalue weighted by molar-refractivity contribution is 14.1. The number of carbonyl (C=O) groups is 1. The first-order valence-electron chi connectivity index (χ1n) is 10.6. The largest absolute Gasteiger partial charge is 0.352 e. The highest BCUT2D eigenvalue weighted by Crippen LogP contribution is 2.54. The molecule has 0 unspecified atom stereocenters. The minimum atomic E-state index is -2.11. The third-order valence-electron chi connectivity index (χ3n) is 5.31. The summed E-state index contributed by atoms with van der Waals surface area (Å²) in [6, 6.07) is 18.1. The van der Waals surface area contributed by atoms with Gasteiger partial charge in [-0.25, -0.2) is 24.9 Å². The summed E-state index contributed by atoms with van der Waals surface area (Å²) in [5.41, 5.74) is 2.57. The highest BCUT2D eigenvalue weighted by Gasteiger charge is 2.47. The van der Waals surface area contributed by atoms with Crippen molar-refractivity contribution >= 4 is 51.9 Å². The highest BCUT2D eigenvalue weighted by atomic mass is 123. The minimum Gasteiger partial charge on any atom is -0.352 e. The first kappa shape index (κ1) is 23.3. The fraction of sp³-hybridized carbons (Fsp3) is 0.167. The second-order valence-corrected chi connectivity index (χ2v) is 11.9. The van der Waals surface area contributed by atoms with Crippen molar-refractivity contribution in [3.05, 3.63) is 95.1 Å². The number of pyridine rings is 1. The van der Waals surface area contributed by atoms with E-state index in [9.17, 15) is 4.79 Å². The Morgan fingerprint density at radius 1 is 0.848 bits per heavy atom. The number of aromatic nitrogens is 5. The molecule has 0 fully saturated rings. The minimum absolute atomic E-state index is 0.102. The van der Waals surface area contributed by atoms with E-state index in [0.29, 0.717) is 12.1 Å². The lowest BCUT2D eigenvalue weighted by Gasteiger charge is -2.25. The predicted molar refractivity (Wildman–Crippen MR) is 140 cm³/mol. The van der Waals surface area contributed by atoms with Crippen LogP contribution < -0.4 is 21.5 Å². The number of carbonyl (C=O) groups excluding carboxylic acids is 1. The van der Waals surface area contributed by atoms with Crippen LogP contribution in [-0.4, -0.2) is 43.5 Å². The van der Waals surface area contributed by atoms with Crippen molar-refractivity contribution in [2.24, 2.45) is 0 Å². The van der Waals surface area contributed by atoms with E-state index in [1.165, 1.54) is 5.30 Å². The van der Waals surface area contributed by atoms with Gasteiger partial charge in [0.25, 0.3) is 5.91 Å². The van der Waals surface area contributed by atoms with Crippen LogP contribution in [0.15, 0.2) is 85.8 Å². The number of halogens is 1. The molecular weight excluding hydrogens is 542 g/mol. The third-order valence-corrected chi connectivity index (χ3v) is 10.2. The van der Waals surface area contributed by atoms with E-state index in [2.05, 4.69) is 77.1 Å². The molecule has 33 heavy (non-hydrogen) atoms. The molecule has 0 radical (unpaired) electrons. The molecule has 0 aliphatic rings. The molecule has 9 heteroatoms. The average molecular weight is 565 g/mol. The smallest absolute Gasteiger partial charge is 0.252 e. The van der Waals surface area contributed by atoms with Gasteiger partial charge in [-0.2, -0.15) is 0 Å². The summed E-state index contributed by atoms with van der Waals surface area (Å²) in [4.78, 5) is 34.2. The Morgan fingerprint density at radius 2 is 1.55 bits per heavy atom. The molecule has 1 N–H and O–H groups in total. The number of nitrogens with one attached hydrogen (secondary N) is 1. The van der Waals surface area contributed by atoms with Gasteiger partial charge >= 0.3 is 0 Å². The molecular formula is C24H23IN6OP+. The molecule has 0 saturated carbocycles. The number of unbranched alkanes of at least 4 members (excludes halogenated alkanes) is 1. The van der Waals surface area contributed by atoms with Crippen LogP contribution in [0.4, 0.5) is 0 Å². The maximum Gasteiger partial charge on any atom is 0.252 e. The molecule has 0 atom stereocenters. The molecule has 0 saturated heterocycles. The second kappa shape index (κ2) is 11.3. The van der Waals surface area contributed by atoms with Gasteiger partial charge in [0.15, 0.2) is 18.1 Å². The summed E-state index contributed by atoms with van der Waals surface area (Å²) in [5.74, 6) is -0.102. The standard InChI is InChI=1S/C24H22IN6OP/c25-21-9-8-19(16-29-21)24(32)28-12-4-5-15-33(20-6-2-1-3-7-20,22-10-13-26-17-30-22)23-11-14-27-18-31-23/h1-3,6-11,13-14,16-18H,4-5,12,15H2/p+1/i25-4. The monoisotopic (exact) mass is 565 g/mol. The lowest BCUT2D eigenvalue weighted by atomic mass is 10.2. The van der Waals surface area contributed by atoms with Crippen LogP contribution in [0, 0.1) is 3.70 Å². The van der Waals surface area contributed by atoms with E-state index in [1.54, 1.807) is 37.3 Å². The van der Waals surface area contributed by atoms with Crippen molar-refractivity contribution in [3.63, 3.8) is 0 Å². The van der Waals surface area contributed by atoms with Crippen LogP contribution in [0.1, 0.15) is 23.2 Å². The third kappa shape index (κ3) is 5.57. The Morgan fingerprint density at radius 3 is 2.12 bits per heavy atom. The number of hydrogen-bond donors (Lipinski definition) is 1. The lowest BCUT2D eigenvalue weighted by molar-refractivity contribution is 0.0953. The molecule has 3 aromatic heterocycles. The van der Waals surface area contributed by atoms with Crippen molar-refractivity contribution < 1.29 is 4.79 Å². The molecule has 1 amide bonds. The molecule has 7 nitrogen and oxygen atoms in total. The molecule has 0 aliphatic carbocycles. The topological polar surface area (TPSA) is 93.6 Å². The summed E-state index contributed by atoms with van der Waals surface area (Å²) < 4.78 is 0.861. The molecule has 0 spiro atoms. The first-order chi connectivity index (χ1) is 16.2. The van der Waals surface area contributed by atoms with E-state index < -0.39 is 7.26 Å². The molecule has 4 rings (SSSR count). The van der Waals surface area contributed by atoms with Gasteiger partial charge in [-0.05, 0) is 59.7 Å². The molecule has 166 valence electrons. The van der Waals surface area contributed by atoms with E-state index in [4.69, 9.17) is 0 Å². The summed E-state index contributed by atoms with van der Waals surface area (Å²) in [6.45, 7) is 0.590. The van der Waals surface area contributed by atoms with Crippen molar-refractivity contribution in [2.45, 2.75) is 12.8 Å². The normalized spacial score (nSPS) is 11.2. The molecule has 0 aliphatic heterocycles. The van der Waals surface area contributed by atoms with E-state index in [0.717, 1.165) is 33.6 Å². The Kier molecular flexibility index (Phi) is 8.01. The Labute approximate surface area is 207 Å². The number of amides is 1. The van der Waals surface area contributed by atoms with Gasteiger partial charge in [0.1, 0.15) is 21.7 Å². The maximum atomic E-state index is 12.4. The fourth-order valence-corrected chi connectivity index (χ4v) is 8.05. The van der Waals surface area contributed by atoms with Gasteiger partial charge < -0.3 is 5.32 Å². The quantitative estimate of drug-likeness (QED) is 0.145. The van der Waals surface area contributed by atoms with Gasteiger partial charge in [0.05, 0.1) is 11.7 Å². The molecule has 4 aromatic rings. The predicted octanol–water partition coefficient (Wildman–Crippen LogP) is 2.77. The fourth-order valence-electron chi connectivity index (χ4n) is 3.73. The number of rotatable bonds is 9. The van der Waals surface area contributed by atoms with E-state index in [-0.39, 0.29) is 5.91 Å². The zero-order valence-corrected chi connectivity index (χ0v) is 20.9. The molecule has 0 bridgehead atoms.